The molecule has 0 aliphatic carbocycles. The van der Waals surface area contributed by atoms with Crippen molar-refractivity contribution < 1.29 is 5.48 Å². The SMILES string of the molecule is NN=Cc1cccnc1.O. The van der Waals surface area contributed by atoms with Crippen molar-refractivity contribution in [3.8, 4) is 0 Å². The molecule has 10 heavy (non-hydrogen) atoms. The molecule has 0 saturated heterocycles. The molecular weight excluding hydrogens is 130 g/mol. The third-order valence-electron chi connectivity index (χ3n) is 0.908. The van der Waals surface area contributed by atoms with Gasteiger partial charge in [0.25, 0.3) is 0 Å². The van der Waals surface area contributed by atoms with Gasteiger partial charge in [0.05, 0.1) is 6.21 Å². The van der Waals surface area contributed by atoms with Crippen LogP contribution in [0.3, 0.4) is 0 Å². The highest BCUT2D eigenvalue weighted by molar-refractivity contribution is 5.78. The lowest BCUT2D eigenvalue weighted by Crippen LogP contribution is -1.85. The van der Waals surface area contributed by atoms with E-state index in [1.807, 2.05) is 12.1 Å². The molecule has 0 aliphatic rings. The number of rotatable bonds is 1. The van der Waals surface area contributed by atoms with Crippen LogP contribution in [-0.4, -0.2) is 16.7 Å². The molecule has 4 N–H and O–H groups in total. The summed E-state index contributed by atoms with van der Waals surface area (Å²) < 4.78 is 0. The minimum atomic E-state index is 0. The highest BCUT2D eigenvalue weighted by atomic mass is 16.0. The van der Waals surface area contributed by atoms with Gasteiger partial charge in [-0.05, 0) is 6.07 Å². The maximum absolute atomic E-state index is 4.90. The molecule has 0 aliphatic heterocycles. The van der Waals surface area contributed by atoms with Gasteiger partial charge in [0.15, 0.2) is 0 Å². The van der Waals surface area contributed by atoms with E-state index in [4.69, 9.17) is 5.84 Å². The molecule has 1 aromatic heterocycles. The molecule has 0 spiro atoms. The van der Waals surface area contributed by atoms with E-state index >= 15 is 0 Å². The Hall–Kier alpha value is -1.42. The van der Waals surface area contributed by atoms with Gasteiger partial charge in [-0.25, -0.2) is 0 Å². The van der Waals surface area contributed by atoms with Gasteiger partial charge < -0.3 is 11.3 Å². The molecule has 1 heterocycles. The molecule has 0 fully saturated rings. The summed E-state index contributed by atoms with van der Waals surface area (Å²) in [5, 5.41) is 3.34. The van der Waals surface area contributed by atoms with Crippen molar-refractivity contribution in [2.75, 3.05) is 0 Å². The van der Waals surface area contributed by atoms with E-state index in [-0.39, 0.29) is 5.48 Å². The fourth-order valence-corrected chi connectivity index (χ4v) is 0.538. The second-order valence-electron chi connectivity index (χ2n) is 1.56. The Balaban J connectivity index is 0.000000810. The number of hydrogen-bond acceptors (Lipinski definition) is 3. The highest BCUT2D eigenvalue weighted by Gasteiger charge is 1.80. The van der Waals surface area contributed by atoms with Crippen LogP contribution in [0.4, 0.5) is 0 Å². The van der Waals surface area contributed by atoms with Crippen molar-refractivity contribution >= 4 is 6.21 Å². The van der Waals surface area contributed by atoms with Crippen LogP contribution in [-0.2, 0) is 0 Å². The second-order valence-corrected chi connectivity index (χ2v) is 1.56. The lowest BCUT2D eigenvalue weighted by atomic mass is 10.3. The fourth-order valence-electron chi connectivity index (χ4n) is 0.538. The topological polar surface area (TPSA) is 82.8 Å². The van der Waals surface area contributed by atoms with Crippen LogP contribution in [0.15, 0.2) is 29.6 Å². The molecule has 1 rings (SSSR count). The van der Waals surface area contributed by atoms with Crippen LogP contribution in [0.25, 0.3) is 0 Å². The molecule has 0 amide bonds. The summed E-state index contributed by atoms with van der Waals surface area (Å²) >= 11 is 0. The quantitative estimate of drug-likeness (QED) is 0.324. The third-order valence-corrected chi connectivity index (χ3v) is 0.908. The molecule has 0 aromatic carbocycles. The third kappa shape index (κ3) is 2.23. The molecule has 4 heteroatoms. The van der Waals surface area contributed by atoms with Crippen molar-refractivity contribution in [3.63, 3.8) is 0 Å². The van der Waals surface area contributed by atoms with Gasteiger partial charge in [-0.2, -0.15) is 5.10 Å². The number of hydrazone groups is 1. The Kier molecular flexibility index (Phi) is 3.83. The first-order valence-electron chi connectivity index (χ1n) is 2.57. The Labute approximate surface area is 58.7 Å². The van der Waals surface area contributed by atoms with Gasteiger partial charge in [0.1, 0.15) is 0 Å². The molecule has 4 nitrogen and oxygen atoms in total. The summed E-state index contributed by atoms with van der Waals surface area (Å²) in [4.78, 5) is 3.86. The molecular formula is C6H9N3O. The van der Waals surface area contributed by atoms with Gasteiger partial charge in [-0.15, -0.1) is 0 Å². The zero-order chi connectivity index (χ0) is 6.53. The fraction of sp³-hybridized carbons (Fsp3) is 0. The van der Waals surface area contributed by atoms with Crippen LogP contribution in [0, 0.1) is 0 Å². The first-order valence-corrected chi connectivity index (χ1v) is 2.57. The van der Waals surface area contributed by atoms with Gasteiger partial charge in [0.2, 0.25) is 0 Å². The monoisotopic (exact) mass is 139 g/mol. The molecule has 0 radical (unpaired) electrons. The normalized spacial score (nSPS) is 9.20. The number of hydrogen-bond donors (Lipinski definition) is 1. The van der Waals surface area contributed by atoms with E-state index in [9.17, 15) is 0 Å². The predicted octanol–water partition coefficient (Wildman–Crippen LogP) is -0.451. The predicted molar refractivity (Wildman–Crippen MR) is 39.6 cm³/mol. The summed E-state index contributed by atoms with van der Waals surface area (Å²) in [5.74, 6) is 4.90. The van der Waals surface area contributed by atoms with Crippen molar-refractivity contribution in [1.29, 1.82) is 0 Å². The first kappa shape index (κ1) is 8.58. The van der Waals surface area contributed by atoms with Crippen LogP contribution < -0.4 is 5.84 Å². The van der Waals surface area contributed by atoms with Crippen molar-refractivity contribution in [1.82, 2.24) is 4.98 Å². The van der Waals surface area contributed by atoms with Crippen molar-refractivity contribution in [2.24, 2.45) is 10.9 Å². The van der Waals surface area contributed by atoms with E-state index in [0.717, 1.165) is 5.56 Å². The smallest absolute Gasteiger partial charge is 0.0553 e. The molecule has 0 saturated carbocycles. The minimum Gasteiger partial charge on any atom is -0.412 e. The molecule has 1 aromatic rings. The van der Waals surface area contributed by atoms with Crippen LogP contribution >= 0.6 is 0 Å². The van der Waals surface area contributed by atoms with Gasteiger partial charge in [0, 0.05) is 18.0 Å². The van der Waals surface area contributed by atoms with Crippen LogP contribution in [0.2, 0.25) is 0 Å². The minimum absolute atomic E-state index is 0. The lowest BCUT2D eigenvalue weighted by molar-refractivity contribution is 0.824. The molecule has 0 bridgehead atoms. The van der Waals surface area contributed by atoms with Crippen molar-refractivity contribution in [2.45, 2.75) is 0 Å². The molecule has 0 unspecified atom stereocenters. The Morgan fingerprint density at radius 3 is 2.90 bits per heavy atom. The zero-order valence-corrected chi connectivity index (χ0v) is 5.36. The van der Waals surface area contributed by atoms with E-state index in [1.54, 1.807) is 18.6 Å². The number of nitrogens with zero attached hydrogens (tertiary/aromatic N) is 2. The number of pyridine rings is 1. The zero-order valence-electron chi connectivity index (χ0n) is 5.36. The lowest BCUT2D eigenvalue weighted by Gasteiger charge is -1.85. The Morgan fingerprint density at radius 2 is 2.40 bits per heavy atom. The van der Waals surface area contributed by atoms with E-state index in [1.165, 1.54) is 0 Å². The first-order chi connectivity index (χ1) is 4.43. The number of nitrogens with two attached hydrogens (primary N) is 1. The largest absolute Gasteiger partial charge is 0.412 e. The standard InChI is InChI=1S/C6H7N3.H2O/c7-9-5-6-2-1-3-8-4-6;/h1-5H,7H2;1H2. The van der Waals surface area contributed by atoms with Crippen molar-refractivity contribution in [3.05, 3.63) is 30.1 Å². The summed E-state index contributed by atoms with van der Waals surface area (Å²) in [5.41, 5.74) is 0.917. The van der Waals surface area contributed by atoms with Gasteiger partial charge >= 0.3 is 0 Å². The Bertz CT molecular complexity index is 197. The molecule has 0 atom stereocenters. The van der Waals surface area contributed by atoms with E-state index < -0.39 is 0 Å². The van der Waals surface area contributed by atoms with Gasteiger partial charge in [-0.1, -0.05) is 6.07 Å². The highest BCUT2D eigenvalue weighted by Crippen LogP contribution is 1.88. The van der Waals surface area contributed by atoms with E-state index in [0.29, 0.717) is 0 Å². The molecule has 54 valence electrons. The maximum Gasteiger partial charge on any atom is 0.0553 e. The summed E-state index contributed by atoms with van der Waals surface area (Å²) in [6, 6.07) is 3.71. The van der Waals surface area contributed by atoms with Crippen LogP contribution in [0.1, 0.15) is 5.56 Å². The summed E-state index contributed by atoms with van der Waals surface area (Å²) in [6.45, 7) is 0. The van der Waals surface area contributed by atoms with Crippen LogP contribution in [0.5, 0.6) is 0 Å². The second kappa shape index (κ2) is 4.46. The summed E-state index contributed by atoms with van der Waals surface area (Å²) in [7, 11) is 0. The average molecular weight is 139 g/mol. The van der Waals surface area contributed by atoms with E-state index in [2.05, 4.69) is 10.1 Å². The maximum atomic E-state index is 4.90. The number of aromatic nitrogens is 1. The summed E-state index contributed by atoms with van der Waals surface area (Å²) in [6.07, 6.45) is 4.94. The van der Waals surface area contributed by atoms with Gasteiger partial charge in [-0.3, -0.25) is 4.98 Å². The average Bonchev–Trinajstić information content (AvgIpc) is 1.91. The Morgan fingerprint density at radius 1 is 1.60 bits per heavy atom.